The van der Waals surface area contributed by atoms with Crippen LogP contribution in [0.15, 0.2) is 18.2 Å². The summed E-state index contributed by atoms with van der Waals surface area (Å²) in [5.41, 5.74) is 1.34. The highest BCUT2D eigenvalue weighted by atomic mass is 16.5. The summed E-state index contributed by atoms with van der Waals surface area (Å²) in [5, 5.41) is 0. The third kappa shape index (κ3) is 3.33. The molecule has 1 aromatic rings. The maximum absolute atomic E-state index is 6.17. The van der Waals surface area contributed by atoms with Crippen molar-refractivity contribution in [3.05, 3.63) is 23.8 Å². The molecule has 1 aromatic carbocycles. The second-order valence-corrected chi connectivity index (χ2v) is 7.15. The van der Waals surface area contributed by atoms with Crippen LogP contribution in [0.25, 0.3) is 0 Å². The number of hydrogen-bond acceptors (Lipinski definition) is 4. The van der Waals surface area contributed by atoms with Gasteiger partial charge in [0.2, 0.25) is 0 Å². The average Bonchev–Trinajstić information content (AvgIpc) is 3.16. The summed E-state index contributed by atoms with van der Waals surface area (Å²) in [6, 6.07) is 7.06. The van der Waals surface area contributed by atoms with Gasteiger partial charge in [-0.1, -0.05) is 0 Å². The Kier molecular flexibility index (Phi) is 4.45. The van der Waals surface area contributed by atoms with Crippen molar-refractivity contribution in [2.24, 2.45) is 0 Å². The Morgan fingerprint density at radius 2 is 2.09 bits per heavy atom. The Balaban J connectivity index is 1.45. The summed E-state index contributed by atoms with van der Waals surface area (Å²) in [7, 11) is 2.25. The van der Waals surface area contributed by atoms with Gasteiger partial charge in [0.15, 0.2) is 0 Å². The fourth-order valence-electron chi connectivity index (χ4n) is 4.12. The highest BCUT2D eigenvalue weighted by Crippen LogP contribution is 2.40. The highest BCUT2D eigenvalue weighted by Gasteiger charge is 2.31. The van der Waals surface area contributed by atoms with E-state index in [1.165, 1.54) is 31.4 Å². The number of nitrogens with zero attached hydrogens (tertiary/aromatic N) is 1. The standard InChI is InChI=1S/C19H27NO3/c1-20-8-2-3-15(20)11-14-13-22-19-5-4-17(12-18(14)19)23-16-6-9-21-10-7-16/h4-5,12,14-16H,2-3,6-11,13H2,1H3/t14-,15-/m1/s1. The van der Waals surface area contributed by atoms with Gasteiger partial charge >= 0.3 is 0 Å². The van der Waals surface area contributed by atoms with E-state index in [0.29, 0.717) is 18.1 Å². The van der Waals surface area contributed by atoms with Crippen LogP contribution in [0.3, 0.4) is 0 Å². The second-order valence-electron chi connectivity index (χ2n) is 7.15. The van der Waals surface area contributed by atoms with Crippen molar-refractivity contribution < 1.29 is 14.2 Å². The first kappa shape index (κ1) is 15.3. The predicted molar refractivity (Wildman–Crippen MR) is 89.4 cm³/mol. The molecule has 0 spiro atoms. The van der Waals surface area contributed by atoms with Crippen LogP contribution in [-0.4, -0.2) is 50.5 Å². The molecule has 3 heterocycles. The SMILES string of the molecule is CN1CCC[C@@H]1C[C@@H]1COc2ccc(OC3CCOCC3)cc21. The molecule has 2 saturated heterocycles. The first-order valence-electron chi connectivity index (χ1n) is 9.01. The molecule has 2 atom stereocenters. The molecule has 0 amide bonds. The first-order chi connectivity index (χ1) is 11.3. The number of fused-ring (bicyclic) bond motifs is 1. The van der Waals surface area contributed by atoms with E-state index >= 15 is 0 Å². The predicted octanol–water partition coefficient (Wildman–Crippen LogP) is 3.20. The number of likely N-dealkylation sites (tertiary alicyclic amines) is 1. The van der Waals surface area contributed by atoms with Crippen LogP contribution < -0.4 is 9.47 Å². The van der Waals surface area contributed by atoms with E-state index in [9.17, 15) is 0 Å². The number of benzene rings is 1. The van der Waals surface area contributed by atoms with Gasteiger partial charge in [-0.3, -0.25) is 0 Å². The molecular weight excluding hydrogens is 290 g/mol. The number of rotatable bonds is 4. The maximum Gasteiger partial charge on any atom is 0.123 e. The van der Waals surface area contributed by atoms with Gasteiger partial charge in [-0.2, -0.15) is 0 Å². The van der Waals surface area contributed by atoms with Crippen LogP contribution in [0.2, 0.25) is 0 Å². The minimum Gasteiger partial charge on any atom is -0.493 e. The molecule has 0 bridgehead atoms. The number of ether oxygens (including phenoxy) is 3. The van der Waals surface area contributed by atoms with Gasteiger partial charge in [-0.05, 0) is 51.1 Å². The molecule has 3 aliphatic heterocycles. The van der Waals surface area contributed by atoms with Crippen LogP contribution in [0.5, 0.6) is 11.5 Å². The van der Waals surface area contributed by atoms with E-state index in [4.69, 9.17) is 14.2 Å². The fraction of sp³-hybridized carbons (Fsp3) is 0.684. The Morgan fingerprint density at radius 1 is 1.22 bits per heavy atom. The van der Waals surface area contributed by atoms with Gasteiger partial charge in [0.1, 0.15) is 17.6 Å². The van der Waals surface area contributed by atoms with Crippen molar-refractivity contribution in [3.8, 4) is 11.5 Å². The lowest BCUT2D eigenvalue weighted by Crippen LogP contribution is -2.27. The third-order valence-corrected chi connectivity index (χ3v) is 5.56. The summed E-state index contributed by atoms with van der Waals surface area (Å²) >= 11 is 0. The fourth-order valence-corrected chi connectivity index (χ4v) is 4.12. The summed E-state index contributed by atoms with van der Waals surface area (Å²) < 4.78 is 17.5. The molecule has 4 heteroatoms. The lowest BCUT2D eigenvalue weighted by Gasteiger charge is -2.24. The lowest BCUT2D eigenvalue weighted by atomic mass is 9.93. The summed E-state index contributed by atoms with van der Waals surface area (Å²) in [6.07, 6.45) is 6.12. The van der Waals surface area contributed by atoms with Crippen LogP contribution in [0.1, 0.15) is 43.6 Å². The van der Waals surface area contributed by atoms with E-state index in [0.717, 1.165) is 44.2 Å². The van der Waals surface area contributed by atoms with Gasteiger partial charge in [-0.25, -0.2) is 0 Å². The smallest absolute Gasteiger partial charge is 0.123 e. The molecule has 126 valence electrons. The monoisotopic (exact) mass is 317 g/mol. The van der Waals surface area contributed by atoms with Crippen molar-refractivity contribution in [2.75, 3.05) is 33.4 Å². The van der Waals surface area contributed by atoms with Crippen molar-refractivity contribution >= 4 is 0 Å². The molecule has 0 aliphatic carbocycles. The molecule has 2 fully saturated rings. The zero-order valence-electron chi connectivity index (χ0n) is 14.0. The van der Waals surface area contributed by atoms with Gasteiger partial charge in [-0.15, -0.1) is 0 Å². The molecule has 4 rings (SSSR count). The molecular formula is C19H27NO3. The zero-order valence-corrected chi connectivity index (χ0v) is 14.0. The van der Waals surface area contributed by atoms with Gasteiger partial charge in [0.05, 0.1) is 19.8 Å². The molecule has 23 heavy (non-hydrogen) atoms. The quantitative estimate of drug-likeness (QED) is 0.853. The van der Waals surface area contributed by atoms with Crippen LogP contribution >= 0.6 is 0 Å². The van der Waals surface area contributed by atoms with Crippen molar-refractivity contribution in [2.45, 2.75) is 50.2 Å². The zero-order chi connectivity index (χ0) is 15.6. The van der Waals surface area contributed by atoms with Crippen LogP contribution in [-0.2, 0) is 4.74 Å². The molecule has 3 aliphatic rings. The topological polar surface area (TPSA) is 30.9 Å². The average molecular weight is 317 g/mol. The Labute approximate surface area is 138 Å². The third-order valence-electron chi connectivity index (χ3n) is 5.56. The minimum absolute atomic E-state index is 0.295. The lowest BCUT2D eigenvalue weighted by molar-refractivity contribution is 0.0255. The van der Waals surface area contributed by atoms with E-state index < -0.39 is 0 Å². The van der Waals surface area contributed by atoms with E-state index in [1.54, 1.807) is 0 Å². The molecule has 0 N–H and O–H groups in total. The Morgan fingerprint density at radius 3 is 2.87 bits per heavy atom. The molecule has 0 aromatic heterocycles. The summed E-state index contributed by atoms with van der Waals surface area (Å²) in [6.45, 7) is 3.68. The van der Waals surface area contributed by atoms with Crippen molar-refractivity contribution in [3.63, 3.8) is 0 Å². The Hall–Kier alpha value is -1.26. The van der Waals surface area contributed by atoms with Gasteiger partial charge < -0.3 is 19.1 Å². The van der Waals surface area contributed by atoms with E-state index in [2.05, 4.69) is 30.1 Å². The van der Waals surface area contributed by atoms with Crippen molar-refractivity contribution in [1.82, 2.24) is 4.90 Å². The van der Waals surface area contributed by atoms with Crippen molar-refractivity contribution in [1.29, 1.82) is 0 Å². The summed E-state index contributed by atoms with van der Waals surface area (Å²) in [5.74, 6) is 2.55. The first-order valence-corrected chi connectivity index (χ1v) is 9.01. The largest absolute Gasteiger partial charge is 0.493 e. The molecule has 0 radical (unpaired) electrons. The molecule has 0 saturated carbocycles. The summed E-state index contributed by atoms with van der Waals surface area (Å²) in [4.78, 5) is 2.50. The van der Waals surface area contributed by atoms with E-state index in [1.807, 2.05) is 0 Å². The van der Waals surface area contributed by atoms with Gasteiger partial charge in [0.25, 0.3) is 0 Å². The maximum atomic E-state index is 6.17. The second kappa shape index (κ2) is 6.70. The van der Waals surface area contributed by atoms with Crippen LogP contribution in [0.4, 0.5) is 0 Å². The van der Waals surface area contributed by atoms with Crippen LogP contribution in [0, 0.1) is 0 Å². The number of hydrogen-bond donors (Lipinski definition) is 0. The normalized spacial score (nSPS) is 28.6. The van der Waals surface area contributed by atoms with Gasteiger partial charge in [0, 0.05) is 30.4 Å². The minimum atomic E-state index is 0.295. The molecule has 0 unspecified atom stereocenters. The highest BCUT2D eigenvalue weighted by molar-refractivity contribution is 5.45. The molecule has 4 nitrogen and oxygen atoms in total. The van der Waals surface area contributed by atoms with E-state index in [-0.39, 0.29) is 0 Å². The Bertz CT molecular complexity index is 541.